The van der Waals surface area contributed by atoms with Crippen LogP contribution in [0.4, 0.5) is 0 Å². The molecular weight excluding hydrogens is 242 g/mol. The second-order valence-electron chi connectivity index (χ2n) is 5.45. The molecule has 0 spiro atoms. The third-order valence-corrected chi connectivity index (χ3v) is 4.09. The van der Waals surface area contributed by atoms with Crippen LogP contribution in [0.2, 0.25) is 0 Å². The standard InChI is InChI=1S/C14H25N3S/c1-6-17(11-12(15-5)14(2,3)4)18-13-9-7-8-10-16-13/h7-10,12,15H,6,11H2,1-5H3. The van der Waals surface area contributed by atoms with Crippen LogP contribution in [0.5, 0.6) is 0 Å². The fourth-order valence-corrected chi connectivity index (χ4v) is 2.63. The van der Waals surface area contributed by atoms with Crippen molar-refractivity contribution in [3.8, 4) is 0 Å². The molecule has 18 heavy (non-hydrogen) atoms. The number of pyridine rings is 1. The summed E-state index contributed by atoms with van der Waals surface area (Å²) < 4.78 is 2.36. The topological polar surface area (TPSA) is 28.2 Å². The van der Waals surface area contributed by atoms with Gasteiger partial charge in [-0.2, -0.15) is 0 Å². The molecule has 1 atom stereocenters. The molecular formula is C14H25N3S. The monoisotopic (exact) mass is 267 g/mol. The zero-order valence-electron chi connectivity index (χ0n) is 12.1. The van der Waals surface area contributed by atoms with Crippen molar-refractivity contribution >= 4 is 11.9 Å². The van der Waals surface area contributed by atoms with Gasteiger partial charge in [0.15, 0.2) is 0 Å². The van der Waals surface area contributed by atoms with Gasteiger partial charge in [-0.15, -0.1) is 0 Å². The van der Waals surface area contributed by atoms with E-state index in [9.17, 15) is 0 Å². The second-order valence-corrected chi connectivity index (χ2v) is 6.56. The molecule has 102 valence electrons. The Kier molecular flexibility index (Phi) is 6.12. The van der Waals surface area contributed by atoms with Gasteiger partial charge in [0.05, 0.1) is 0 Å². The summed E-state index contributed by atoms with van der Waals surface area (Å²) in [5.41, 5.74) is 0.257. The third-order valence-electron chi connectivity index (χ3n) is 2.99. The van der Waals surface area contributed by atoms with Crippen LogP contribution in [0.1, 0.15) is 27.7 Å². The molecule has 1 aromatic rings. The van der Waals surface area contributed by atoms with Gasteiger partial charge in [0.2, 0.25) is 0 Å². The molecule has 3 nitrogen and oxygen atoms in total. The maximum atomic E-state index is 4.36. The predicted molar refractivity (Wildman–Crippen MR) is 79.6 cm³/mol. The molecule has 0 saturated carbocycles. The number of likely N-dealkylation sites (N-methyl/N-ethyl adjacent to an activating group) is 2. The molecule has 0 radical (unpaired) electrons. The van der Waals surface area contributed by atoms with Gasteiger partial charge >= 0.3 is 0 Å². The van der Waals surface area contributed by atoms with Gasteiger partial charge in [-0.1, -0.05) is 33.8 Å². The highest BCUT2D eigenvalue weighted by molar-refractivity contribution is 7.97. The third kappa shape index (κ3) is 4.96. The van der Waals surface area contributed by atoms with Crippen LogP contribution in [0.25, 0.3) is 0 Å². The van der Waals surface area contributed by atoms with Crippen molar-refractivity contribution in [3.63, 3.8) is 0 Å². The Hall–Kier alpha value is -0.580. The Labute approximate surface area is 116 Å². The molecule has 0 saturated heterocycles. The van der Waals surface area contributed by atoms with Crippen LogP contribution in [0.3, 0.4) is 0 Å². The number of aromatic nitrogens is 1. The molecule has 1 aromatic heterocycles. The molecule has 0 aromatic carbocycles. The van der Waals surface area contributed by atoms with Crippen molar-refractivity contribution in [2.45, 2.75) is 38.8 Å². The van der Waals surface area contributed by atoms with Gasteiger partial charge in [-0.3, -0.25) is 0 Å². The summed E-state index contributed by atoms with van der Waals surface area (Å²) in [6.45, 7) is 11.0. The van der Waals surface area contributed by atoms with Crippen LogP contribution in [-0.2, 0) is 0 Å². The average Bonchev–Trinajstić information content (AvgIpc) is 2.34. The molecule has 1 N–H and O–H groups in total. The number of rotatable bonds is 6. The van der Waals surface area contributed by atoms with Crippen molar-refractivity contribution < 1.29 is 0 Å². The van der Waals surface area contributed by atoms with Crippen LogP contribution >= 0.6 is 11.9 Å². The summed E-state index contributed by atoms with van der Waals surface area (Å²) in [6.07, 6.45) is 1.84. The molecule has 0 amide bonds. The Morgan fingerprint density at radius 2 is 2.11 bits per heavy atom. The van der Waals surface area contributed by atoms with E-state index < -0.39 is 0 Å². The SMILES string of the molecule is CCN(CC(NC)C(C)(C)C)Sc1ccccn1. The van der Waals surface area contributed by atoms with E-state index in [1.54, 1.807) is 11.9 Å². The lowest BCUT2D eigenvalue weighted by Crippen LogP contribution is -2.45. The quantitative estimate of drug-likeness (QED) is 0.802. The summed E-state index contributed by atoms with van der Waals surface area (Å²) in [7, 11) is 2.04. The van der Waals surface area contributed by atoms with Gasteiger partial charge in [0.1, 0.15) is 5.03 Å². The highest BCUT2D eigenvalue weighted by Gasteiger charge is 2.25. The van der Waals surface area contributed by atoms with E-state index in [1.807, 2.05) is 25.4 Å². The van der Waals surface area contributed by atoms with Crippen molar-refractivity contribution in [1.82, 2.24) is 14.6 Å². The summed E-state index contributed by atoms with van der Waals surface area (Å²) in [6, 6.07) is 6.50. The molecule has 0 aliphatic carbocycles. The van der Waals surface area contributed by atoms with E-state index in [1.165, 1.54) is 0 Å². The smallest absolute Gasteiger partial charge is 0.111 e. The van der Waals surface area contributed by atoms with Crippen molar-refractivity contribution in [2.24, 2.45) is 5.41 Å². The van der Waals surface area contributed by atoms with E-state index in [4.69, 9.17) is 0 Å². The van der Waals surface area contributed by atoms with E-state index >= 15 is 0 Å². The number of hydrogen-bond acceptors (Lipinski definition) is 4. The minimum Gasteiger partial charge on any atom is -0.315 e. The minimum atomic E-state index is 0.257. The summed E-state index contributed by atoms with van der Waals surface area (Å²) in [5, 5.41) is 4.48. The van der Waals surface area contributed by atoms with Crippen LogP contribution in [0.15, 0.2) is 29.4 Å². The van der Waals surface area contributed by atoms with E-state index in [0.29, 0.717) is 6.04 Å². The molecule has 1 unspecified atom stereocenters. The first-order chi connectivity index (χ1) is 8.47. The maximum Gasteiger partial charge on any atom is 0.111 e. The highest BCUT2D eigenvalue weighted by atomic mass is 32.2. The van der Waals surface area contributed by atoms with Crippen LogP contribution < -0.4 is 5.32 Å². The first kappa shape index (κ1) is 15.5. The number of hydrogen-bond donors (Lipinski definition) is 1. The second kappa shape index (κ2) is 7.12. The van der Waals surface area contributed by atoms with Gasteiger partial charge < -0.3 is 5.32 Å². The molecule has 0 aliphatic heterocycles. The molecule has 0 aliphatic rings. The normalized spacial score (nSPS) is 13.9. The molecule has 1 heterocycles. The number of nitrogens with zero attached hydrogens (tertiary/aromatic N) is 2. The minimum absolute atomic E-state index is 0.257. The first-order valence-electron chi connectivity index (χ1n) is 6.48. The van der Waals surface area contributed by atoms with Crippen molar-refractivity contribution in [3.05, 3.63) is 24.4 Å². The molecule has 0 fully saturated rings. The molecule has 4 heteroatoms. The van der Waals surface area contributed by atoms with Crippen molar-refractivity contribution in [2.75, 3.05) is 20.1 Å². The molecule has 0 bridgehead atoms. The van der Waals surface area contributed by atoms with E-state index in [2.05, 4.69) is 48.4 Å². The zero-order valence-corrected chi connectivity index (χ0v) is 12.9. The van der Waals surface area contributed by atoms with Gasteiger partial charge in [0.25, 0.3) is 0 Å². The largest absolute Gasteiger partial charge is 0.315 e. The fraction of sp³-hybridized carbons (Fsp3) is 0.643. The van der Waals surface area contributed by atoms with E-state index in [-0.39, 0.29) is 5.41 Å². The Morgan fingerprint density at radius 3 is 2.56 bits per heavy atom. The fourth-order valence-electron chi connectivity index (χ4n) is 1.77. The summed E-state index contributed by atoms with van der Waals surface area (Å²) >= 11 is 1.73. The average molecular weight is 267 g/mol. The first-order valence-corrected chi connectivity index (χ1v) is 7.26. The van der Waals surface area contributed by atoms with Gasteiger partial charge in [0, 0.05) is 25.3 Å². The van der Waals surface area contributed by atoms with Crippen molar-refractivity contribution in [1.29, 1.82) is 0 Å². The van der Waals surface area contributed by atoms with Gasteiger partial charge in [-0.25, -0.2) is 9.29 Å². The number of nitrogens with one attached hydrogen (secondary N) is 1. The Morgan fingerprint density at radius 1 is 1.39 bits per heavy atom. The lowest BCUT2D eigenvalue weighted by Gasteiger charge is -2.34. The van der Waals surface area contributed by atoms with E-state index in [0.717, 1.165) is 18.1 Å². The van der Waals surface area contributed by atoms with Gasteiger partial charge in [-0.05, 0) is 36.5 Å². The Bertz CT molecular complexity index is 335. The molecule has 1 rings (SSSR count). The lowest BCUT2D eigenvalue weighted by molar-refractivity contribution is 0.244. The summed E-state index contributed by atoms with van der Waals surface area (Å²) in [5.74, 6) is 0. The summed E-state index contributed by atoms with van der Waals surface area (Å²) in [4.78, 5) is 4.36. The lowest BCUT2D eigenvalue weighted by atomic mass is 9.87. The maximum absolute atomic E-state index is 4.36. The zero-order chi connectivity index (χ0) is 13.6. The highest BCUT2D eigenvalue weighted by Crippen LogP contribution is 2.25. The van der Waals surface area contributed by atoms with Crippen LogP contribution in [-0.4, -0.2) is 35.5 Å². The predicted octanol–water partition coefficient (Wildman–Crippen LogP) is 3.04. The van der Waals surface area contributed by atoms with Crippen LogP contribution in [0, 0.1) is 5.41 Å². The Balaban J connectivity index is 2.62.